The van der Waals surface area contributed by atoms with Crippen LogP contribution >= 0.6 is 11.6 Å². The Balaban J connectivity index is 1.44. The molecule has 0 spiro atoms. The first-order valence-corrected chi connectivity index (χ1v) is 10.1. The van der Waals surface area contributed by atoms with Crippen LogP contribution < -0.4 is 4.74 Å². The highest BCUT2D eigenvalue weighted by Crippen LogP contribution is 2.31. The van der Waals surface area contributed by atoms with E-state index >= 15 is 0 Å². The zero-order valence-corrected chi connectivity index (χ0v) is 17.3. The van der Waals surface area contributed by atoms with Gasteiger partial charge in [-0.1, -0.05) is 42.7 Å². The second-order valence-corrected chi connectivity index (χ2v) is 7.96. The summed E-state index contributed by atoms with van der Waals surface area (Å²) in [5, 5.41) is 4.86. The molecule has 1 aliphatic heterocycles. The Kier molecular flexibility index (Phi) is 5.58. The molecule has 0 radical (unpaired) electrons. The van der Waals surface area contributed by atoms with Gasteiger partial charge in [-0.05, 0) is 47.9 Å². The van der Waals surface area contributed by atoms with Crippen molar-refractivity contribution in [2.45, 2.75) is 32.7 Å². The normalized spacial score (nSPS) is 13.4. The van der Waals surface area contributed by atoms with Crippen LogP contribution in [0.1, 0.15) is 36.6 Å². The van der Waals surface area contributed by atoms with Crippen LogP contribution in [0.25, 0.3) is 11.3 Å². The van der Waals surface area contributed by atoms with E-state index in [0.29, 0.717) is 42.0 Å². The molecular formula is C23H23ClN2O3. The SMILES string of the molecule is CC(C)c1cccc(OCC(=O)N2CCc3noc(-c4ccc(Cl)cc4)c3C2)c1. The molecule has 2 aromatic carbocycles. The molecule has 0 fully saturated rings. The third kappa shape index (κ3) is 4.30. The van der Waals surface area contributed by atoms with Crippen molar-refractivity contribution >= 4 is 17.5 Å². The number of nitrogens with zero attached hydrogens (tertiary/aromatic N) is 2. The van der Waals surface area contributed by atoms with E-state index in [1.54, 1.807) is 4.90 Å². The predicted molar refractivity (Wildman–Crippen MR) is 112 cm³/mol. The van der Waals surface area contributed by atoms with Gasteiger partial charge in [0.15, 0.2) is 12.4 Å². The van der Waals surface area contributed by atoms with Gasteiger partial charge in [0.05, 0.1) is 12.2 Å². The summed E-state index contributed by atoms with van der Waals surface area (Å²) in [6.07, 6.45) is 0.668. The molecule has 150 valence electrons. The van der Waals surface area contributed by atoms with Gasteiger partial charge in [-0.25, -0.2) is 0 Å². The third-order valence-corrected chi connectivity index (χ3v) is 5.44. The van der Waals surface area contributed by atoms with E-state index in [1.807, 2.05) is 42.5 Å². The van der Waals surface area contributed by atoms with Crippen LogP contribution in [0.4, 0.5) is 0 Å². The second-order valence-electron chi connectivity index (χ2n) is 7.52. The Morgan fingerprint density at radius 3 is 2.79 bits per heavy atom. The number of amides is 1. The summed E-state index contributed by atoms with van der Waals surface area (Å²) >= 11 is 5.98. The minimum atomic E-state index is -0.0474. The van der Waals surface area contributed by atoms with E-state index in [0.717, 1.165) is 16.8 Å². The highest BCUT2D eigenvalue weighted by Gasteiger charge is 2.27. The molecule has 2 heterocycles. The molecule has 29 heavy (non-hydrogen) atoms. The number of rotatable bonds is 5. The fourth-order valence-corrected chi connectivity index (χ4v) is 3.58. The monoisotopic (exact) mass is 410 g/mol. The minimum Gasteiger partial charge on any atom is -0.484 e. The highest BCUT2D eigenvalue weighted by molar-refractivity contribution is 6.30. The lowest BCUT2D eigenvalue weighted by molar-refractivity contribution is -0.134. The zero-order chi connectivity index (χ0) is 20.4. The van der Waals surface area contributed by atoms with E-state index in [2.05, 4.69) is 25.1 Å². The summed E-state index contributed by atoms with van der Waals surface area (Å²) in [7, 11) is 0. The van der Waals surface area contributed by atoms with Crippen molar-refractivity contribution in [3.8, 4) is 17.1 Å². The Labute approximate surface area is 175 Å². The van der Waals surface area contributed by atoms with Gasteiger partial charge in [0.25, 0.3) is 5.91 Å². The number of benzene rings is 2. The Hall–Kier alpha value is -2.79. The van der Waals surface area contributed by atoms with Gasteiger partial charge in [-0.15, -0.1) is 0 Å². The largest absolute Gasteiger partial charge is 0.484 e. The van der Waals surface area contributed by atoms with Gasteiger partial charge in [0.2, 0.25) is 0 Å². The number of carbonyl (C=O) groups excluding carboxylic acids is 1. The van der Waals surface area contributed by atoms with Crippen LogP contribution in [0.15, 0.2) is 53.1 Å². The topological polar surface area (TPSA) is 55.6 Å². The molecule has 3 aromatic rings. The van der Waals surface area contributed by atoms with Crippen molar-refractivity contribution in [2.24, 2.45) is 0 Å². The second kappa shape index (κ2) is 8.29. The third-order valence-electron chi connectivity index (χ3n) is 5.18. The summed E-state index contributed by atoms with van der Waals surface area (Å²) in [6.45, 7) is 5.34. The lowest BCUT2D eigenvalue weighted by Crippen LogP contribution is -2.38. The van der Waals surface area contributed by atoms with Crippen LogP contribution in [0.3, 0.4) is 0 Å². The number of hydrogen-bond acceptors (Lipinski definition) is 4. The molecule has 0 saturated carbocycles. The standard InChI is InChI=1S/C23H23ClN2O3/c1-15(2)17-4-3-5-19(12-17)28-14-22(27)26-11-10-21-20(13-26)23(29-25-21)16-6-8-18(24)9-7-16/h3-9,12,15H,10-11,13-14H2,1-2H3. The fourth-order valence-electron chi connectivity index (χ4n) is 3.45. The van der Waals surface area contributed by atoms with Crippen molar-refractivity contribution in [3.63, 3.8) is 0 Å². The molecule has 6 heteroatoms. The number of ether oxygens (including phenoxy) is 1. The summed E-state index contributed by atoms with van der Waals surface area (Å²) in [5.41, 5.74) is 3.95. The van der Waals surface area contributed by atoms with Crippen molar-refractivity contribution in [2.75, 3.05) is 13.2 Å². The average molecular weight is 411 g/mol. The van der Waals surface area contributed by atoms with Gasteiger partial charge >= 0.3 is 0 Å². The molecule has 1 aliphatic rings. The number of halogens is 1. The quantitative estimate of drug-likeness (QED) is 0.588. The van der Waals surface area contributed by atoms with Crippen LogP contribution in [0.2, 0.25) is 5.02 Å². The van der Waals surface area contributed by atoms with Crippen LogP contribution in [0.5, 0.6) is 5.75 Å². The average Bonchev–Trinajstić information content (AvgIpc) is 3.16. The highest BCUT2D eigenvalue weighted by atomic mass is 35.5. The maximum atomic E-state index is 12.7. The molecular weight excluding hydrogens is 388 g/mol. The van der Waals surface area contributed by atoms with Crippen LogP contribution in [-0.4, -0.2) is 29.1 Å². The number of hydrogen-bond donors (Lipinski definition) is 0. The van der Waals surface area contributed by atoms with Crippen molar-refractivity contribution in [3.05, 3.63) is 70.4 Å². The first kappa shape index (κ1) is 19.5. The Bertz CT molecular complexity index is 1010. The zero-order valence-electron chi connectivity index (χ0n) is 16.5. The van der Waals surface area contributed by atoms with Gasteiger partial charge < -0.3 is 14.2 Å². The molecule has 5 nitrogen and oxygen atoms in total. The molecule has 0 saturated heterocycles. The van der Waals surface area contributed by atoms with E-state index in [-0.39, 0.29) is 12.5 Å². The molecule has 0 atom stereocenters. The summed E-state index contributed by atoms with van der Waals surface area (Å²) in [6, 6.07) is 15.3. The van der Waals surface area contributed by atoms with Gasteiger partial charge in [0, 0.05) is 29.1 Å². The maximum Gasteiger partial charge on any atom is 0.260 e. The Morgan fingerprint density at radius 2 is 2.03 bits per heavy atom. The molecule has 1 amide bonds. The summed E-state index contributed by atoms with van der Waals surface area (Å²) in [4.78, 5) is 14.5. The first-order chi connectivity index (χ1) is 14.0. The summed E-state index contributed by atoms with van der Waals surface area (Å²) in [5.74, 6) is 1.78. The fraction of sp³-hybridized carbons (Fsp3) is 0.304. The van der Waals surface area contributed by atoms with Crippen LogP contribution in [0, 0.1) is 0 Å². The predicted octanol–water partition coefficient (Wildman–Crippen LogP) is 5.08. The van der Waals surface area contributed by atoms with E-state index in [4.69, 9.17) is 20.9 Å². The van der Waals surface area contributed by atoms with E-state index in [9.17, 15) is 4.79 Å². The van der Waals surface area contributed by atoms with Crippen molar-refractivity contribution in [1.82, 2.24) is 10.1 Å². The molecule has 0 bridgehead atoms. The smallest absolute Gasteiger partial charge is 0.260 e. The van der Waals surface area contributed by atoms with Crippen LogP contribution in [-0.2, 0) is 17.8 Å². The molecule has 0 aliphatic carbocycles. The van der Waals surface area contributed by atoms with Crippen molar-refractivity contribution in [1.29, 1.82) is 0 Å². The van der Waals surface area contributed by atoms with E-state index in [1.165, 1.54) is 5.56 Å². The maximum absolute atomic E-state index is 12.7. The minimum absolute atomic E-state index is 0.0123. The molecule has 4 rings (SSSR count). The van der Waals surface area contributed by atoms with Crippen molar-refractivity contribution < 1.29 is 14.1 Å². The van der Waals surface area contributed by atoms with Gasteiger partial charge in [0.1, 0.15) is 5.75 Å². The molecule has 0 unspecified atom stereocenters. The number of fused-ring (bicyclic) bond motifs is 1. The molecule has 0 N–H and O–H groups in total. The summed E-state index contributed by atoms with van der Waals surface area (Å²) < 4.78 is 11.3. The lowest BCUT2D eigenvalue weighted by atomic mass is 10.0. The number of aromatic nitrogens is 1. The first-order valence-electron chi connectivity index (χ1n) is 9.75. The molecule has 1 aromatic heterocycles. The number of carbonyl (C=O) groups is 1. The van der Waals surface area contributed by atoms with E-state index < -0.39 is 0 Å². The van der Waals surface area contributed by atoms with Gasteiger partial charge in [-0.2, -0.15) is 0 Å². The lowest BCUT2D eigenvalue weighted by Gasteiger charge is -2.26. The Morgan fingerprint density at radius 1 is 1.24 bits per heavy atom. The van der Waals surface area contributed by atoms with Gasteiger partial charge in [-0.3, -0.25) is 4.79 Å².